The van der Waals surface area contributed by atoms with Crippen molar-refractivity contribution in [1.29, 1.82) is 0 Å². The Morgan fingerprint density at radius 2 is 1.65 bits per heavy atom. The van der Waals surface area contributed by atoms with Gasteiger partial charge in [-0.3, -0.25) is 0 Å². The molecule has 0 saturated carbocycles. The molecule has 0 fully saturated rings. The van der Waals surface area contributed by atoms with Crippen molar-refractivity contribution in [2.75, 3.05) is 0 Å². The second kappa shape index (κ2) is 4.78. The summed E-state index contributed by atoms with van der Waals surface area (Å²) in [7, 11) is 0. The summed E-state index contributed by atoms with van der Waals surface area (Å²) in [6, 6.07) is 0. The number of aliphatic hydroxyl groups excluding tert-OH is 3. The summed E-state index contributed by atoms with van der Waals surface area (Å²) in [5.41, 5.74) is 1.92. The lowest BCUT2D eigenvalue weighted by molar-refractivity contribution is 0.376. The lowest BCUT2D eigenvalue weighted by atomic mass is 10.0. The molecule has 3 N–H and O–H groups in total. The third-order valence-electron chi connectivity index (χ3n) is 2.56. The van der Waals surface area contributed by atoms with Crippen LogP contribution in [0, 0.1) is 0 Å². The van der Waals surface area contributed by atoms with Crippen LogP contribution in [0.1, 0.15) is 12.8 Å². The van der Waals surface area contributed by atoms with E-state index in [0.29, 0.717) is 12.8 Å². The summed E-state index contributed by atoms with van der Waals surface area (Å²) in [5, 5.41) is 27.9. The molecule has 0 radical (unpaired) electrons. The van der Waals surface area contributed by atoms with E-state index in [2.05, 4.69) is 0 Å². The minimum Gasteiger partial charge on any atom is -0.512 e. The van der Waals surface area contributed by atoms with Crippen LogP contribution in [0.4, 0.5) is 0 Å². The third kappa shape index (κ3) is 3.14. The van der Waals surface area contributed by atoms with E-state index in [1.54, 1.807) is 18.2 Å². The highest BCUT2D eigenvalue weighted by Gasteiger charge is 2.06. The predicted molar refractivity (Wildman–Crippen MR) is 66.7 cm³/mol. The Morgan fingerprint density at radius 3 is 2.29 bits per heavy atom. The van der Waals surface area contributed by atoms with Gasteiger partial charge in [0.05, 0.1) is 0 Å². The zero-order chi connectivity index (χ0) is 12.3. The molecule has 0 atom stereocenters. The van der Waals surface area contributed by atoms with E-state index in [1.165, 1.54) is 6.08 Å². The Balaban J connectivity index is 2.10. The topological polar surface area (TPSA) is 60.7 Å². The number of allylic oxidation sites excluding steroid dienone is 9. The molecule has 0 amide bonds. The quantitative estimate of drug-likeness (QED) is 0.645. The first-order chi connectivity index (χ1) is 8.13. The normalized spacial score (nSPS) is 24.6. The van der Waals surface area contributed by atoms with Gasteiger partial charge >= 0.3 is 0 Å². The van der Waals surface area contributed by atoms with Crippen LogP contribution in [-0.2, 0) is 0 Å². The van der Waals surface area contributed by atoms with E-state index in [0.717, 1.165) is 11.1 Å². The number of aliphatic hydroxyl groups is 3. The molecule has 0 aromatic rings. The molecule has 3 nitrogen and oxygen atoms in total. The van der Waals surface area contributed by atoms with Gasteiger partial charge in [0, 0.05) is 12.5 Å². The summed E-state index contributed by atoms with van der Waals surface area (Å²) in [6.45, 7) is 0. The second-order valence-corrected chi connectivity index (χ2v) is 4.03. The Hall–Kier alpha value is -2.16. The Bertz CT molecular complexity index is 500. The van der Waals surface area contributed by atoms with Crippen LogP contribution < -0.4 is 0 Å². The van der Waals surface area contributed by atoms with Gasteiger partial charge in [0.25, 0.3) is 0 Å². The molecule has 3 heteroatoms. The maximum atomic E-state index is 9.36. The van der Waals surface area contributed by atoms with Crippen LogP contribution in [0.25, 0.3) is 0 Å². The third-order valence-corrected chi connectivity index (χ3v) is 2.56. The first-order valence-corrected chi connectivity index (χ1v) is 5.40. The Labute approximate surface area is 99.7 Å². The van der Waals surface area contributed by atoms with Crippen molar-refractivity contribution < 1.29 is 15.3 Å². The predicted octanol–water partition coefficient (Wildman–Crippen LogP) is 3.53. The molecule has 0 unspecified atom stereocenters. The zero-order valence-electron chi connectivity index (χ0n) is 9.30. The minimum absolute atomic E-state index is 0.0649. The maximum absolute atomic E-state index is 9.36. The van der Waals surface area contributed by atoms with Gasteiger partial charge in [-0.2, -0.15) is 0 Å². The monoisotopic (exact) mass is 230 g/mol. The van der Waals surface area contributed by atoms with Crippen molar-refractivity contribution >= 4 is 0 Å². The van der Waals surface area contributed by atoms with Gasteiger partial charge in [-0.05, 0) is 35.8 Å². The van der Waals surface area contributed by atoms with Crippen LogP contribution in [-0.4, -0.2) is 15.3 Å². The molecule has 2 aliphatic carbocycles. The summed E-state index contributed by atoms with van der Waals surface area (Å²) in [5.74, 6) is 0.507. The minimum atomic E-state index is 0.0649. The van der Waals surface area contributed by atoms with Crippen molar-refractivity contribution in [3.05, 3.63) is 71.0 Å². The summed E-state index contributed by atoms with van der Waals surface area (Å²) < 4.78 is 0. The van der Waals surface area contributed by atoms with Crippen LogP contribution in [0.15, 0.2) is 71.0 Å². The number of hydrogen-bond acceptors (Lipinski definition) is 3. The van der Waals surface area contributed by atoms with Gasteiger partial charge in [0.2, 0.25) is 0 Å². The summed E-state index contributed by atoms with van der Waals surface area (Å²) in [6.07, 6.45) is 13.1. The lowest BCUT2D eigenvalue weighted by Crippen LogP contribution is -1.94. The van der Waals surface area contributed by atoms with E-state index in [4.69, 9.17) is 5.11 Å². The summed E-state index contributed by atoms with van der Waals surface area (Å²) in [4.78, 5) is 0. The van der Waals surface area contributed by atoms with Crippen molar-refractivity contribution in [2.24, 2.45) is 0 Å². The fraction of sp³-hybridized carbons (Fsp3) is 0.143. The van der Waals surface area contributed by atoms with Crippen LogP contribution in [0.2, 0.25) is 0 Å². The fourth-order valence-electron chi connectivity index (χ4n) is 1.71. The molecule has 0 aromatic heterocycles. The molecule has 88 valence electrons. The van der Waals surface area contributed by atoms with Gasteiger partial charge in [-0.25, -0.2) is 0 Å². The lowest BCUT2D eigenvalue weighted by Gasteiger charge is -2.08. The van der Waals surface area contributed by atoms with E-state index < -0.39 is 0 Å². The largest absolute Gasteiger partial charge is 0.512 e. The maximum Gasteiger partial charge on any atom is 0.119 e. The SMILES string of the molecule is OC1=CC/C(=C/C=C2/C=C(O)C=C(O)C2)C=C1. The molecule has 17 heavy (non-hydrogen) atoms. The molecule has 2 rings (SSSR count). The molecular weight excluding hydrogens is 216 g/mol. The van der Waals surface area contributed by atoms with E-state index in [9.17, 15) is 10.2 Å². The first-order valence-electron chi connectivity index (χ1n) is 5.40. The van der Waals surface area contributed by atoms with Crippen LogP contribution in [0.5, 0.6) is 0 Å². The smallest absolute Gasteiger partial charge is 0.119 e. The standard InChI is InChI=1S/C14H14O3/c15-12-5-3-10(4-6-12)1-2-11-7-13(16)9-14(17)8-11/h1-3,5-7,9,15-17H,4,8H2/b10-1+,11-2-. The van der Waals surface area contributed by atoms with Crippen molar-refractivity contribution in [3.63, 3.8) is 0 Å². The van der Waals surface area contributed by atoms with Gasteiger partial charge < -0.3 is 15.3 Å². The van der Waals surface area contributed by atoms with E-state index in [1.807, 2.05) is 18.2 Å². The molecule has 0 saturated heterocycles. The number of rotatable bonds is 1. The van der Waals surface area contributed by atoms with Crippen LogP contribution in [0.3, 0.4) is 0 Å². The average molecular weight is 230 g/mol. The molecular formula is C14H14O3. The Morgan fingerprint density at radius 1 is 0.882 bits per heavy atom. The summed E-state index contributed by atoms with van der Waals surface area (Å²) >= 11 is 0. The van der Waals surface area contributed by atoms with Crippen LogP contribution >= 0.6 is 0 Å². The second-order valence-electron chi connectivity index (χ2n) is 4.03. The average Bonchev–Trinajstić information content (AvgIpc) is 2.27. The molecule has 0 bridgehead atoms. The van der Waals surface area contributed by atoms with Crippen molar-refractivity contribution in [3.8, 4) is 0 Å². The van der Waals surface area contributed by atoms with E-state index >= 15 is 0 Å². The van der Waals surface area contributed by atoms with Gasteiger partial charge in [-0.15, -0.1) is 0 Å². The zero-order valence-corrected chi connectivity index (χ0v) is 9.30. The van der Waals surface area contributed by atoms with Gasteiger partial charge in [-0.1, -0.05) is 18.2 Å². The molecule has 0 aromatic carbocycles. The first kappa shape index (κ1) is 11.3. The highest BCUT2D eigenvalue weighted by Crippen LogP contribution is 2.20. The molecule has 0 spiro atoms. The number of hydrogen-bond donors (Lipinski definition) is 3. The van der Waals surface area contributed by atoms with Crippen molar-refractivity contribution in [1.82, 2.24) is 0 Å². The fourth-order valence-corrected chi connectivity index (χ4v) is 1.71. The highest BCUT2D eigenvalue weighted by atomic mass is 16.3. The van der Waals surface area contributed by atoms with Gasteiger partial charge in [0.1, 0.15) is 17.3 Å². The Kier molecular flexibility index (Phi) is 3.19. The molecule has 0 aliphatic heterocycles. The van der Waals surface area contributed by atoms with Gasteiger partial charge in [0.15, 0.2) is 0 Å². The highest BCUT2D eigenvalue weighted by molar-refractivity contribution is 5.40. The van der Waals surface area contributed by atoms with E-state index in [-0.39, 0.29) is 17.3 Å². The van der Waals surface area contributed by atoms with Crippen molar-refractivity contribution in [2.45, 2.75) is 12.8 Å². The molecule has 2 aliphatic rings. The molecule has 0 heterocycles.